The molecule has 1 heterocycles. The minimum Gasteiger partial charge on any atom is -0.349 e. The predicted molar refractivity (Wildman–Crippen MR) is 55.2 cm³/mol. The molecule has 0 aliphatic heterocycles. The second-order valence-corrected chi connectivity index (χ2v) is 3.88. The Morgan fingerprint density at radius 3 is 2.57 bits per heavy atom. The van der Waals surface area contributed by atoms with E-state index in [0.29, 0.717) is 5.69 Å². The first-order valence-electron chi connectivity index (χ1n) is 4.86. The maximum atomic E-state index is 11.7. The van der Waals surface area contributed by atoms with E-state index in [-0.39, 0.29) is 18.0 Å². The van der Waals surface area contributed by atoms with Crippen molar-refractivity contribution < 1.29 is 4.79 Å². The van der Waals surface area contributed by atoms with Gasteiger partial charge < -0.3 is 5.32 Å². The first kappa shape index (κ1) is 10.8. The van der Waals surface area contributed by atoms with Crippen LogP contribution in [-0.2, 0) is 0 Å². The molecule has 0 aliphatic rings. The molecule has 4 nitrogen and oxygen atoms in total. The van der Waals surface area contributed by atoms with E-state index in [9.17, 15) is 4.79 Å². The largest absolute Gasteiger partial charge is 0.349 e. The predicted octanol–water partition coefficient (Wildman–Crippen LogP) is 1.60. The van der Waals surface area contributed by atoms with Crippen LogP contribution >= 0.6 is 0 Å². The van der Waals surface area contributed by atoms with Gasteiger partial charge in [0.15, 0.2) is 0 Å². The molecule has 1 amide bonds. The molecule has 1 aromatic rings. The molecule has 0 saturated heterocycles. The molecule has 1 rings (SSSR count). The molecule has 1 N–H and O–H groups in total. The lowest BCUT2D eigenvalue weighted by Gasteiger charge is -2.12. The van der Waals surface area contributed by atoms with Crippen molar-refractivity contribution in [1.29, 1.82) is 0 Å². The summed E-state index contributed by atoms with van der Waals surface area (Å²) in [6.45, 7) is 7.88. The average Bonchev–Trinajstić information content (AvgIpc) is 2.49. The molecule has 4 heteroatoms. The SMILES string of the molecule is CC(C)NC(=O)c1ccnn1C(C)C. The Morgan fingerprint density at radius 2 is 2.07 bits per heavy atom. The normalized spacial score (nSPS) is 11.0. The fourth-order valence-corrected chi connectivity index (χ4v) is 1.24. The van der Waals surface area contributed by atoms with Gasteiger partial charge in [-0.3, -0.25) is 9.48 Å². The van der Waals surface area contributed by atoms with Crippen molar-refractivity contribution in [2.45, 2.75) is 39.8 Å². The third kappa shape index (κ3) is 2.34. The molecule has 0 aromatic carbocycles. The monoisotopic (exact) mass is 195 g/mol. The molecule has 0 fully saturated rings. The maximum Gasteiger partial charge on any atom is 0.269 e. The van der Waals surface area contributed by atoms with E-state index < -0.39 is 0 Å². The van der Waals surface area contributed by atoms with Gasteiger partial charge in [-0.25, -0.2) is 0 Å². The number of nitrogens with one attached hydrogen (secondary N) is 1. The number of rotatable bonds is 3. The highest BCUT2D eigenvalue weighted by Gasteiger charge is 2.13. The standard InChI is InChI=1S/C10H17N3O/c1-7(2)12-10(14)9-5-6-11-13(9)8(3)4/h5-8H,1-4H3,(H,12,14). The van der Waals surface area contributed by atoms with Crippen LogP contribution in [0.3, 0.4) is 0 Å². The summed E-state index contributed by atoms with van der Waals surface area (Å²) in [6.07, 6.45) is 1.65. The van der Waals surface area contributed by atoms with Crippen LogP contribution < -0.4 is 5.32 Å². The third-order valence-electron chi connectivity index (χ3n) is 1.81. The summed E-state index contributed by atoms with van der Waals surface area (Å²) in [6, 6.07) is 2.09. The van der Waals surface area contributed by atoms with E-state index in [0.717, 1.165) is 0 Å². The van der Waals surface area contributed by atoms with Crippen LogP contribution in [0.1, 0.15) is 44.2 Å². The van der Waals surface area contributed by atoms with Gasteiger partial charge in [0.2, 0.25) is 0 Å². The summed E-state index contributed by atoms with van der Waals surface area (Å²) in [7, 11) is 0. The molecule has 0 saturated carbocycles. The van der Waals surface area contributed by atoms with Gasteiger partial charge in [0.1, 0.15) is 5.69 Å². The Bertz CT molecular complexity index is 315. The summed E-state index contributed by atoms with van der Waals surface area (Å²) in [5, 5.41) is 6.94. The topological polar surface area (TPSA) is 46.9 Å². The van der Waals surface area contributed by atoms with Crippen LogP contribution in [0.15, 0.2) is 12.3 Å². The highest BCUT2D eigenvalue weighted by atomic mass is 16.2. The number of carbonyl (C=O) groups excluding carboxylic acids is 1. The summed E-state index contributed by atoms with van der Waals surface area (Å²) < 4.78 is 1.72. The van der Waals surface area contributed by atoms with Crippen LogP contribution in [-0.4, -0.2) is 21.7 Å². The molecule has 78 valence electrons. The second kappa shape index (κ2) is 4.26. The molecule has 0 atom stereocenters. The van der Waals surface area contributed by atoms with Crippen LogP contribution in [0.4, 0.5) is 0 Å². The zero-order chi connectivity index (χ0) is 10.7. The number of nitrogens with zero attached hydrogens (tertiary/aromatic N) is 2. The Hall–Kier alpha value is -1.32. The molecule has 0 radical (unpaired) electrons. The molecule has 0 unspecified atom stereocenters. The molecule has 14 heavy (non-hydrogen) atoms. The van der Waals surface area contributed by atoms with E-state index in [1.54, 1.807) is 16.9 Å². The lowest BCUT2D eigenvalue weighted by Crippen LogP contribution is -2.32. The minimum absolute atomic E-state index is 0.0637. The molecule has 0 aliphatic carbocycles. The molecule has 0 bridgehead atoms. The van der Waals surface area contributed by atoms with Gasteiger partial charge in [-0.1, -0.05) is 0 Å². The third-order valence-corrected chi connectivity index (χ3v) is 1.81. The van der Waals surface area contributed by atoms with Crippen molar-refractivity contribution in [3.05, 3.63) is 18.0 Å². The zero-order valence-corrected chi connectivity index (χ0v) is 9.11. The molecular weight excluding hydrogens is 178 g/mol. The van der Waals surface area contributed by atoms with Gasteiger partial charge in [-0.2, -0.15) is 5.10 Å². The van der Waals surface area contributed by atoms with Gasteiger partial charge in [-0.05, 0) is 33.8 Å². The minimum atomic E-state index is -0.0637. The first-order valence-corrected chi connectivity index (χ1v) is 4.86. The van der Waals surface area contributed by atoms with Crippen molar-refractivity contribution >= 4 is 5.91 Å². The van der Waals surface area contributed by atoms with E-state index >= 15 is 0 Å². The van der Waals surface area contributed by atoms with Crippen molar-refractivity contribution in [2.24, 2.45) is 0 Å². The number of aromatic nitrogens is 2. The maximum absolute atomic E-state index is 11.7. The van der Waals surface area contributed by atoms with Gasteiger partial charge in [-0.15, -0.1) is 0 Å². The highest BCUT2D eigenvalue weighted by molar-refractivity contribution is 5.92. The Morgan fingerprint density at radius 1 is 1.43 bits per heavy atom. The van der Waals surface area contributed by atoms with Crippen LogP contribution in [0, 0.1) is 0 Å². The van der Waals surface area contributed by atoms with Crippen molar-refractivity contribution in [3.8, 4) is 0 Å². The van der Waals surface area contributed by atoms with Gasteiger partial charge in [0.05, 0.1) is 0 Å². The molecular formula is C10H17N3O. The lowest BCUT2D eigenvalue weighted by molar-refractivity contribution is 0.0930. The van der Waals surface area contributed by atoms with E-state index in [2.05, 4.69) is 10.4 Å². The van der Waals surface area contributed by atoms with Crippen molar-refractivity contribution in [1.82, 2.24) is 15.1 Å². The van der Waals surface area contributed by atoms with Gasteiger partial charge in [0.25, 0.3) is 5.91 Å². The summed E-state index contributed by atoms with van der Waals surface area (Å²) in [4.78, 5) is 11.7. The number of hydrogen-bond donors (Lipinski definition) is 1. The molecule has 1 aromatic heterocycles. The number of carbonyl (C=O) groups is 1. The van der Waals surface area contributed by atoms with Crippen LogP contribution in [0.5, 0.6) is 0 Å². The van der Waals surface area contributed by atoms with E-state index in [1.807, 2.05) is 27.7 Å². The Kier molecular flexibility index (Phi) is 3.28. The van der Waals surface area contributed by atoms with E-state index in [4.69, 9.17) is 0 Å². The summed E-state index contributed by atoms with van der Waals surface area (Å²) in [5.74, 6) is -0.0637. The summed E-state index contributed by atoms with van der Waals surface area (Å²) in [5.41, 5.74) is 0.619. The summed E-state index contributed by atoms with van der Waals surface area (Å²) >= 11 is 0. The number of amides is 1. The van der Waals surface area contributed by atoms with Gasteiger partial charge in [0, 0.05) is 18.3 Å². The van der Waals surface area contributed by atoms with Crippen LogP contribution in [0.2, 0.25) is 0 Å². The molecule has 0 spiro atoms. The smallest absolute Gasteiger partial charge is 0.269 e. The average molecular weight is 195 g/mol. The lowest BCUT2D eigenvalue weighted by atomic mass is 10.3. The van der Waals surface area contributed by atoms with E-state index in [1.165, 1.54) is 0 Å². The van der Waals surface area contributed by atoms with Crippen LogP contribution in [0.25, 0.3) is 0 Å². The Balaban J connectivity index is 2.84. The van der Waals surface area contributed by atoms with Gasteiger partial charge >= 0.3 is 0 Å². The Labute approximate surface area is 84.3 Å². The van der Waals surface area contributed by atoms with Crippen molar-refractivity contribution in [2.75, 3.05) is 0 Å². The van der Waals surface area contributed by atoms with Crippen molar-refractivity contribution in [3.63, 3.8) is 0 Å². The highest BCUT2D eigenvalue weighted by Crippen LogP contribution is 2.07. The fraction of sp³-hybridized carbons (Fsp3) is 0.600. The number of hydrogen-bond acceptors (Lipinski definition) is 2. The fourth-order valence-electron chi connectivity index (χ4n) is 1.24. The zero-order valence-electron chi connectivity index (χ0n) is 9.11. The first-order chi connectivity index (χ1) is 6.52. The quantitative estimate of drug-likeness (QED) is 0.796. The second-order valence-electron chi connectivity index (χ2n) is 3.88.